The largest absolute Gasteiger partial charge is 0.394 e. The molecule has 2 fully saturated rings. The number of hydrogen-bond donors (Lipinski definition) is 3. The maximum Gasteiger partial charge on any atom is 0.227 e. The number of aliphatic hydroxyl groups excluding tert-OH is 1. The number of aryl methyl sites for hydroxylation is 1. The lowest BCUT2D eigenvalue weighted by Gasteiger charge is -2.49. The lowest BCUT2D eigenvalue weighted by molar-refractivity contribution is -0.0390. The standard InChI is InChI=1S/C22H29N5O3S/c1-23-16-6-4-15(5-7-16)22(30-2)12-27(13-22)20-24-17-8-11-31(29)18(17)19(25-20)26-21(14-28)9-3-10-21/h4-7,23,28H,3,8-14H2,1-2H3,(H,24,25,26). The van der Waals surface area contributed by atoms with Crippen LogP contribution in [0.5, 0.6) is 0 Å². The Labute approximate surface area is 184 Å². The Morgan fingerprint density at radius 1 is 1.23 bits per heavy atom. The number of fused-ring (bicyclic) bond motifs is 1. The Morgan fingerprint density at radius 2 is 1.97 bits per heavy atom. The first kappa shape index (κ1) is 20.7. The van der Waals surface area contributed by atoms with Crippen LogP contribution in [0.4, 0.5) is 17.5 Å². The SMILES string of the molecule is CNc1ccc(C2(OC)CN(c3nc4c(c(NC5(CO)CCC5)n3)S(=O)CC4)C2)cc1. The first-order chi connectivity index (χ1) is 15.0. The molecular formula is C22H29N5O3S. The molecule has 1 aromatic heterocycles. The first-order valence-corrected chi connectivity index (χ1v) is 12.1. The van der Waals surface area contributed by atoms with E-state index >= 15 is 0 Å². The van der Waals surface area contributed by atoms with E-state index in [1.54, 1.807) is 7.11 Å². The van der Waals surface area contributed by atoms with Gasteiger partial charge in [0.15, 0.2) is 0 Å². The van der Waals surface area contributed by atoms with E-state index in [4.69, 9.17) is 14.7 Å². The average molecular weight is 444 g/mol. The van der Waals surface area contributed by atoms with Crippen molar-refractivity contribution in [1.82, 2.24) is 9.97 Å². The summed E-state index contributed by atoms with van der Waals surface area (Å²) in [6.07, 6.45) is 3.55. The number of rotatable bonds is 7. The predicted octanol–water partition coefficient (Wildman–Crippen LogP) is 1.87. The topological polar surface area (TPSA) is 99.6 Å². The Bertz CT molecular complexity index is 997. The number of ether oxygens (including phenoxy) is 1. The summed E-state index contributed by atoms with van der Waals surface area (Å²) in [7, 11) is 2.55. The van der Waals surface area contributed by atoms with Crippen LogP contribution in [-0.4, -0.2) is 64.4 Å². The van der Waals surface area contributed by atoms with Crippen molar-refractivity contribution < 1.29 is 14.1 Å². The highest BCUT2D eigenvalue weighted by Crippen LogP contribution is 2.41. The zero-order chi connectivity index (χ0) is 21.6. The van der Waals surface area contributed by atoms with Crippen molar-refractivity contribution in [2.45, 2.75) is 41.7 Å². The number of nitrogens with one attached hydrogen (secondary N) is 2. The summed E-state index contributed by atoms with van der Waals surface area (Å²) in [6.45, 7) is 1.34. The van der Waals surface area contributed by atoms with Crippen LogP contribution >= 0.6 is 0 Å². The molecule has 166 valence electrons. The molecule has 1 saturated heterocycles. The third kappa shape index (κ3) is 3.39. The summed E-state index contributed by atoms with van der Waals surface area (Å²) in [5, 5.41) is 16.5. The Balaban J connectivity index is 1.42. The fourth-order valence-electron chi connectivity index (χ4n) is 4.67. The smallest absolute Gasteiger partial charge is 0.227 e. The molecule has 5 rings (SSSR count). The molecule has 1 atom stereocenters. The first-order valence-electron chi connectivity index (χ1n) is 10.8. The highest BCUT2D eigenvalue weighted by atomic mass is 32.2. The monoisotopic (exact) mass is 443 g/mol. The Morgan fingerprint density at radius 3 is 2.55 bits per heavy atom. The van der Waals surface area contributed by atoms with E-state index in [1.807, 2.05) is 7.05 Å². The number of aromatic nitrogens is 2. The second-order valence-electron chi connectivity index (χ2n) is 8.75. The van der Waals surface area contributed by atoms with Crippen molar-refractivity contribution >= 4 is 28.3 Å². The maximum atomic E-state index is 12.6. The zero-order valence-electron chi connectivity index (χ0n) is 18.0. The highest BCUT2D eigenvalue weighted by molar-refractivity contribution is 7.85. The van der Waals surface area contributed by atoms with Crippen molar-refractivity contribution in [3.8, 4) is 0 Å². The molecule has 1 aliphatic carbocycles. The summed E-state index contributed by atoms with van der Waals surface area (Å²) in [6, 6.07) is 8.28. The van der Waals surface area contributed by atoms with E-state index in [2.05, 4.69) is 39.8 Å². The van der Waals surface area contributed by atoms with Crippen LogP contribution in [0.25, 0.3) is 0 Å². The van der Waals surface area contributed by atoms with Crippen LogP contribution in [0.2, 0.25) is 0 Å². The minimum atomic E-state index is -1.10. The zero-order valence-corrected chi connectivity index (χ0v) is 18.8. The number of benzene rings is 1. The molecule has 0 amide bonds. The molecule has 1 saturated carbocycles. The molecular weight excluding hydrogens is 414 g/mol. The molecule has 2 aromatic rings. The summed E-state index contributed by atoms with van der Waals surface area (Å²) < 4.78 is 18.5. The minimum Gasteiger partial charge on any atom is -0.394 e. The molecule has 1 aromatic carbocycles. The van der Waals surface area contributed by atoms with Gasteiger partial charge in [0.1, 0.15) is 16.3 Å². The molecule has 8 nitrogen and oxygen atoms in total. The van der Waals surface area contributed by atoms with E-state index in [1.165, 1.54) is 0 Å². The molecule has 0 radical (unpaired) electrons. The number of methoxy groups -OCH3 is 1. The Hall–Kier alpha value is -2.23. The molecule has 2 aliphatic heterocycles. The molecule has 0 spiro atoms. The van der Waals surface area contributed by atoms with Gasteiger partial charge in [-0.1, -0.05) is 12.1 Å². The number of anilines is 3. The van der Waals surface area contributed by atoms with Crippen molar-refractivity contribution in [3.05, 3.63) is 35.5 Å². The van der Waals surface area contributed by atoms with Gasteiger partial charge in [-0.3, -0.25) is 4.21 Å². The van der Waals surface area contributed by atoms with E-state index in [0.29, 0.717) is 41.9 Å². The van der Waals surface area contributed by atoms with Crippen LogP contribution in [0.15, 0.2) is 29.2 Å². The summed E-state index contributed by atoms with van der Waals surface area (Å²) >= 11 is 0. The fraction of sp³-hybridized carbons (Fsp3) is 0.545. The van der Waals surface area contributed by atoms with Gasteiger partial charge < -0.3 is 25.4 Å². The van der Waals surface area contributed by atoms with Gasteiger partial charge in [0.05, 0.1) is 41.7 Å². The van der Waals surface area contributed by atoms with Crippen molar-refractivity contribution in [1.29, 1.82) is 0 Å². The van der Waals surface area contributed by atoms with Gasteiger partial charge in [0, 0.05) is 32.0 Å². The van der Waals surface area contributed by atoms with E-state index in [0.717, 1.165) is 36.2 Å². The molecule has 3 aliphatic rings. The third-order valence-corrected chi connectivity index (χ3v) is 8.40. The number of aliphatic hydroxyl groups is 1. The molecule has 1 unspecified atom stereocenters. The normalized spacial score (nSPS) is 22.9. The molecule has 9 heteroatoms. The van der Waals surface area contributed by atoms with Gasteiger partial charge in [0.2, 0.25) is 5.95 Å². The van der Waals surface area contributed by atoms with Crippen LogP contribution in [0.3, 0.4) is 0 Å². The van der Waals surface area contributed by atoms with E-state index < -0.39 is 16.4 Å². The van der Waals surface area contributed by atoms with Gasteiger partial charge in [0.25, 0.3) is 0 Å². The van der Waals surface area contributed by atoms with Crippen LogP contribution < -0.4 is 15.5 Å². The van der Waals surface area contributed by atoms with Gasteiger partial charge in [-0.15, -0.1) is 0 Å². The van der Waals surface area contributed by atoms with Crippen molar-refractivity contribution in [2.75, 3.05) is 55.1 Å². The summed E-state index contributed by atoms with van der Waals surface area (Å²) in [5.41, 5.74) is 2.29. The second kappa shape index (κ2) is 7.72. The van der Waals surface area contributed by atoms with Crippen LogP contribution in [0.1, 0.15) is 30.5 Å². The lowest BCUT2D eigenvalue weighted by atomic mass is 9.77. The highest BCUT2D eigenvalue weighted by Gasteiger charge is 2.47. The second-order valence-corrected chi connectivity index (χ2v) is 10.3. The maximum absolute atomic E-state index is 12.6. The summed E-state index contributed by atoms with van der Waals surface area (Å²) in [5.74, 6) is 1.83. The summed E-state index contributed by atoms with van der Waals surface area (Å²) in [4.78, 5) is 12.4. The third-order valence-electron chi connectivity index (χ3n) is 6.94. The number of nitrogens with zero attached hydrogens (tertiary/aromatic N) is 3. The van der Waals surface area contributed by atoms with Gasteiger partial charge in [-0.2, -0.15) is 4.98 Å². The van der Waals surface area contributed by atoms with Gasteiger partial charge >= 0.3 is 0 Å². The van der Waals surface area contributed by atoms with Crippen LogP contribution in [-0.2, 0) is 27.6 Å². The van der Waals surface area contributed by atoms with Crippen LogP contribution in [0, 0.1) is 0 Å². The molecule has 3 heterocycles. The van der Waals surface area contributed by atoms with Crippen molar-refractivity contribution in [3.63, 3.8) is 0 Å². The molecule has 31 heavy (non-hydrogen) atoms. The van der Waals surface area contributed by atoms with Gasteiger partial charge in [-0.05, 0) is 37.0 Å². The fourth-order valence-corrected chi connectivity index (χ4v) is 5.98. The lowest BCUT2D eigenvalue weighted by Crippen LogP contribution is -2.61. The minimum absolute atomic E-state index is 0.0485. The van der Waals surface area contributed by atoms with Crippen molar-refractivity contribution in [2.24, 2.45) is 0 Å². The molecule has 0 bridgehead atoms. The number of hydrogen-bond acceptors (Lipinski definition) is 8. The van der Waals surface area contributed by atoms with E-state index in [-0.39, 0.29) is 12.1 Å². The quantitative estimate of drug-likeness (QED) is 0.597. The van der Waals surface area contributed by atoms with E-state index in [9.17, 15) is 9.32 Å². The molecule has 3 N–H and O–H groups in total. The van der Waals surface area contributed by atoms with Gasteiger partial charge in [-0.25, -0.2) is 4.98 Å². The average Bonchev–Trinajstić information content (AvgIpc) is 3.12. The predicted molar refractivity (Wildman–Crippen MR) is 121 cm³/mol. The Kier molecular flexibility index (Phi) is 5.15.